The van der Waals surface area contributed by atoms with Crippen molar-refractivity contribution in [3.63, 3.8) is 0 Å². The largest absolute Gasteiger partial charge is 0.289 e. The van der Waals surface area contributed by atoms with E-state index < -0.39 is 11.8 Å². The minimum Gasteiger partial charge on any atom is -0.289 e. The second-order valence-electron chi connectivity index (χ2n) is 5.52. The molecule has 3 aromatic carbocycles. The van der Waals surface area contributed by atoms with Crippen molar-refractivity contribution in [1.82, 2.24) is 10.9 Å². The van der Waals surface area contributed by atoms with Gasteiger partial charge in [0.2, 0.25) is 0 Å². The number of hydrogen-bond acceptors (Lipinski definition) is 3. The van der Waals surface area contributed by atoms with Gasteiger partial charge in [0.15, 0.2) is 5.78 Å². The lowest BCUT2D eigenvalue weighted by molar-refractivity contribution is 0.0845. The Hall–Kier alpha value is -3.73. The standard InChI is InChI=1S/C21H16N2O3/c24-19(15-9-3-1-4-10-15)17-13-7-8-14-18(17)21(26)23-22-20(25)16-11-5-2-6-12-16/h1-14H,(H,22,25)(H,23,26). The van der Waals surface area contributed by atoms with Gasteiger partial charge in [-0.05, 0) is 18.2 Å². The van der Waals surface area contributed by atoms with Crippen molar-refractivity contribution < 1.29 is 14.4 Å². The van der Waals surface area contributed by atoms with Crippen LogP contribution < -0.4 is 10.9 Å². The van der Waals surface area contributed by atoms with Crippen molar-refractivity contribution in [3.05, 3.63) is 107 Å². The lowest BCUT2D eigenvalue weighted by Gasteiger charge is -2.10. The Kier molecular flexibility index (Phi) is 5.19. The van der Waals surface area contributed by atoms with Crippen LogP contribution in [0, 0.1) is 0 Å². The summed E-state index contributed by atoms with van der Waals surface area (Å²) < 4.78 is 0. The Bertz CT molecular complexity index is 938. The molecule has 0 saturated heterocycles. The van der Waals surface area contributed by atoms with E-state index in [1.54, 1.807) is 78.9 Å². The summed E-state index contributed by atoms with van der Waals surface area (Å²) in [6, 6.07) is 23.7. The summed E-state index contributed by atoms with van der Waals surface area (Å²) in [6.45, 7) is 0. The van der Waals surface area contributed by atoms with Crippen molar-refractivity contribution >= 4 is 17.6 Å². The maximum Gasteiger partial charge on any atom is 0.270 e. The molecule has 0 atom stereocenters. The summed E-state index contributed by atoms with van der Waals surface area (Å²) >= 11 is 0. The minimum atomic E-state index is -0.561. The normalized spacial score (nSPS) is 10.0. The van der Waals surface area contributed by atoms with E-state index >= 15 is 0 Å². The monoisotopic (exact) mass is 344 g/mol. The molecule has 0 aliphatic carbocycles. The second kappa shape index (κ2) is 7.90. The van der Waals surface area contributed by atoms with E-state index in [1.807, 2.05) is 6.07 Å². The third-order valence-electron chi connectivity index (χ3n) is 3.78. The first-order valence-corrected chi connectivity index (χ1v) is 8.01. The lowest BCUT2D eigenvalue weighted by atomic mass is 9.98. The number of ketones is 1. The van der Waals surface area contributed by atoms with Gasteiger partial charge in [-0.2, -0.15) is 0 Å². The van der Waals surface area contributed by atoms with Crippen molar-refractivity contribution in [1.29, 1.82) is 0 Å². The molecular formula is C21H16N2O3. The van der Waals surface area contributed by atoms with Crippen molar-refractivity contribution in [3.8, 4) is 0 Å². The zero-order valence-corrected chi connectivity index (χ0v) is 13.8. The first-order valence-electron chi connectivity index (χ1n) is 8.01. The Balaban J connectivity index is 1.76. The van der Waals surface area contributed by atoms with Gasteiger partial charge < -0.3 is 0 Å². The molecule has 2 amide bonds. The maximum atomic E-state index is 12.7. The fourth-order valence-electron chi connectivity index (χ4n) is 2.47. The fourth-order valence-corrected chi connectivity index (χ4v) is 2.47. The van der Waals surface area contributed by atoms with Crippen molar-refractivity contribution in [2.45, 2.75) is 0 Å². The molecule has 3 rings (SSSR count). The molecule has 0 aliphatic heterocycles. The summed E-state index contributed by atoms with van der Waals surface area (Å²) in [5, 5.41) is 0. The Morgan fingerprint density at radius 2 is 0.962 bits per heavy atom. The average molecular weight is 344 g/mol. The van der Waals surface area contributed by atoms with E-state index in [9.17, 15) is 14.4 Å². The number of hydrazine groups is 1. The maximum absolute atomic E-state index is 12.7. The molecule has 3 aromatic rings. The van der Waals surface area contributed by atoms with Crippen molar-refractivity contribution in [2.24, 2.45) is 0 Å². The molecule has 5 heteroatoms. The highest BCUT2D eigenvalue weighted by Gasteiger charge is 2.18. The topological polar surface area (TPSA) is 75.3 Å². The first kappa shape index (κ1) is 17.1. The van der Waals surface area contributed by atoms with E-state index in [2.05, 4.69) is 10.9 Å². The SMILES string of the molecule is O=C(NNC(=O)c1ccccc1C(=O)c1ccccc1)c1ccccc1. The molecule has 0 heterocycles. The van der Waals surface area contributed by atoms with E-state index in [0.29, 0.717) is 11.1 Å². The Labute approximate surface area is 150 Å². The molecule has 5 nitrogen and oxygen atoms in total. The number of nitrogens with one attached hydrogen (secondary N) is 2. The molecule has 0 radical (unpaired) electrons. The van der Waals surface area contributed by atoms with Gasteiger partial charge in [0.25, 0.3) is 11.8 Å². The zero-order valence-electron chi connectivity index (χ0n) is 13.8. The number of benzene rings is 3. The summed E-state index contributed by atoms with van der Waals surface area (Å²) in [5.41, 5.74) is 6.07. The molecule has 0 saturated carbocycles. The second-order valence-corrected chi connectivity index (χ2v) is 5.52. The first-order chi connectivity index (χ1) is 12.7. The van der Waals surface area contributed by atoms with Crippen LogP contribution in [0.3, 0.4) is 0 Å². The summed E-state index contributed by atoms with van der Waals surface area (Å²) in [7, 11) is 0. The van der Waals surface area contributed by atoms with Crippen LogP contribution in [0.4, 0.5) is 0 Å². The smallest absolute Gasteiger partial charge is 0.270 e. The number of carbonyl (C=O) groups excluding carboxylic acids is 3. The number of amides is 2. The lowest BCUT2D eigenvalue weighted by Crippen LogP contribution is -2.42. The number of hydrogen-bond donors (Lipinski definition) is 2. The van der Waals surface area contributed by atoms with Gasteiger partial charge in [-0.25, -0.2) is 0 Å². The molecule has 0 bridgehead atoms. The molecule has 0 unspecified atom stereocenters. The summed E-state index contributed by atoms with van der Waals surface area (Å²) in [5.74, 6) is -1.26. The van der Waals surface area contributed by atoms with Crippen LogP contribution in [0.1, 0.15) is 36.6 Å². The highest BCUT2D eigenvalue weighted by molar-refractivity contribution is 6.15. The van der Waals surface area contributed by atoms with E-state index in [4.69, 9.17) is 0 Å². The quantitative estimate of drug-likeness (QED) is 0.564. The van der Waals surface area contributed by atoms with Gasteiger partial charge >= 0.3 is 0 Å². The van der Waals surface area contributed by atoms with Gasteiger partial charge in [-0.15, -0.1) is 0 Å². The van der Waals surface area contributed by atoms with Gasteiger partial charge in [0.1, 0.15) is 0 Å². The Morgan fingerprint density at radius 3 is 1.58 bits per heavy atom. The van der Waals surface area contributed by atoms with Crippen LogP contribution in [0.25, 0.3) is 0 Å². The van der Waals surface area contributed by atoms with Crippen LogP contribution >= 0.6 is 0 Å². The average Bonchev–Trinajstić information content (AvgIpc) is 2.72. The third-order valence-corrected chi connectivity index (χ3v) is 3.78. The highest BCUT2D eigenvalue weighted by atomic mass is 16.2. The van der Waals surface area contributed by atoms with E-state index in [-0.39, 0.29) is 16.9 Å². The molecule has 0 aliphatic rings. The molecule has 128 valence electrons. The van der Waals surface area contributed by atoms with Crippen LogP contribution in [-0.4, -0.2) is 17.6 Å². The van der Waals surface area contributed by atoms with E-state index in [0.717, 1.165) is 0 Å². The van der Waals surface area contributed by atoms with Gasteiger partial charge in [0, 0.05) is 16.7 Å². The predicted molar refractivity (Wildman–Crippen MR) is 97.7 cm³/mol. The van der Waals surface area contributed by atoms with Gasteiger partial charge in [-0.1, -0.05) is 66.7 Å². The van der Waals surface area contributed by atoms with Gasteiger partial charge in [0.05, 0.1) is 5.56 Å². The zero-order chi connectivity index (χ0) is 18.4. The summed E-state index contributed by atoms with van der Waals surface area (Å²) in [6.07, 6.45) is 0. The van der Waals surface area contributed by atoms with Gasteiger partial charge in [-0.3, -0.25) is 25.2 Å². The van der Waals surface area contributed by atoms with Crippen LogP contribution in [0.5, 0.6) is 0 Å². The molecule has 2 N–H and O–H groups in total. The summed E-state index contributed by atoms with van der Waals surface area (Å²) in [4.78, 5) is 37.2. The fraction of sp³-hybridized carbons (Fsp3) is 0. The molecule has 0 spiro atoms. The van der Waals surface area contributed by atoms with Crippen LogP contribution in [-0.2, 0) is 0 Å². The molecule has 0 fully saturated rings. The van der Waals surface area contributed by atoms with Crippen molar-refractivity contribution in [2.75, 3.05) is 0 Å². The van der Waals surface area contributed by atoms with Crippen LogP contribution in [0.2, 0.25) is 0 Å². The molecule has 26 heavy (non-hydrogen) atoms. The number of carbonyl (C=O) groups is 3. The molecule has 0 aromatic heterocycles. The van der Waals surface area contributed by atoms with Crippen LogP contribution in [0.15, 0.2) is 84.9 Å². The third kappa shape index (κ3) is 3.84. The number of rotatable bonds is 4. The molecular weight excluding hydrogens is 328 g/mol. The minimum absolute atomic E-state index is 0.190. The Morgan fingerprint density at radius 1 is 0.500 bits per heavy atom. The predicted octanol–water partition coefficient (Wildman–Crippen LogP) is 2.99. The highest BCUT2D eigenvalue weighted by Crippen LogP contribution is 2.14. The van der Waals surface area contributed by atoms with E-state index in [1.165, 1.54) is 0 Å².